The van der Waals surface area contributed by atoms with Crippen molar-refractivity contribution in [1.82, 2.24) is 0 Å². The number of anilines is 1. The third kappa shape index (κ3) is 4.06. The molecule has 2 nitrogen and oxygen atoms in total. The molecule has 0 fully saturated rings. The van der Waals surface area contributed by atoms with E-state index in [4.69, 9.17) is 0 Å². The molecule has 0 saturated heterocycles. The molecule has 2 rings (SSSR count). The van der Waals surface area contributed by atoms with Gasteiger partial charge in [0.25, 0.3) is 0 Å². The lowest BCUT2D eigenvalue weighted by Gasteiger charge is -2.04. The van der Waals surface area contributed by atoms with Gasteiger partial charge in [0.1, 0.15) is 0 Å². The highest BCUT2D eigenvalue weighted by atomic mass is 16.1. The Labute approximate surface area is 109 Å². The van der Waals surface area contributed by atoms with Gasteiger partial charge in [-0.3, -0.25) is 4.79 Å². The molecule has 0 aliphatic carbocycles. The van der Waals surface area contributed by atoms with Crippen LogP contribution < -0.4 is 5.32 Å². The molecule has 18 heavy (non-hydrogen) atoms. The van der Waals surface area contributed by atoms with Gasteiger partial charge in [-0.2, -0.15) is 0 Å². The van der Waals surface area contributed by atoms with E-state index in [1.165, 1.54) is 12.5 Å². The van der Waals surface area contributed by atoms with Crippen LogP contribution in [0.3, 0.4) is 0 Å². The second-order valence-corrected chi connectivity index (χ2v) is 3.62. The highest BCUT2D eigenvalue weighted by Gasteiger charge is 1.97. The van der Waals surface area contributed by atoms with Crippen molar-refractivity contribution in [2.45, 2.75) is 20.8 Å². The average Bonchev–Trinajstić information content (AvgIpc) is 2.42. The van der Waals surface area contributed by atoms with E-state index in [9.17, 15) is 4.79 Å². The summed E-state index contributed by atoms with van der Waals surface area (Å²) >= 11 is 0. The molecule has 0 atom stereocenters. The fraction of sp³-hybridized carbons (Fsp3) is 0.188. The summed E-state index contributed by atoms with van der Waals surface area (Å²) in [5.41, 5.74) is 3.15. The Hall–Kier alpha value is -2.09. The maximum Gasteiger partial charge on any atom is 0.221 e. The second-order valence-electron chi connectivity index (χ2n) is 3.62. The standard InChI is InChI=1S/C14H13NO.C2H6/c1-11(16)15-14-9-7-13(8-10-14)12-5-3-2-4-6-12;1-2/h2-10H,1H3,(H,15,16);1-2H3. The predicted octanol–water partition coefficient (Wildman–Crippen LogP) is 4.34. The SMILES string of the molecule is CC.CC(=O)Nc1ccc(-c2ccccc2)cc1. The first kappa shape index (κ1) is 14.0. The molecule has 0 aromatic heterocycles. The Morgan fingerprint density at radius 2 is 1.33 bits per heavy atom. The number of amides is 1. The van der Waals surface area contributed by atoms with Crippen molar-refractivity contribution in [2.75, 3.05) is 5.32 Å². The van der Waals surface area contributed by atoms with Crippen LogP contribution in [0.25, 0.3) is 11.1 Å². The van der Waals surface area contributed by atoms with Gasteiger partial charge in [0.05, 0.1) is 0 Å². The van der Waals surface area contributed by atoms with Crippen LogP contribution in [0.2, 0.25) is 0 Å². The fourth-order valence-electron chi connectivity index (χ4n) is 1.58. The number of rotatable bonds is 2. The average molecular weight is 241 g/mol. The molecule has 2 aromatic rings. The van der Waals surface area contributed by atoms with Gasteiger partial charge in [0.15, 0.2) is 0 Å². The van der Waals surface area contributed by atoms with Crippen molar-refractivity contribution in [2.24, 2.45) is 0 Å². The molecule has 0 spiro atoms. The molecule has 0 saturated carbocycles. The first-order valence-corrected chi connectivity index (χ1v) is 6.19. The molecule has 0 radical (unpaired) electrons. The van der Waals surface area contributed by atoms with Gasteiger partial charge < -0.3 is 5.32 Å². The number of carbonyl (C=O) groups is 1. The molecule has 1 amide bonds. The van der Waals surface area contributed by atoms with E-state index in [0.717, 1.165) is 11.3 Å². The molecule has 2 aromatic carbocycles. The molecule has 1 N–H and O–H groups in total. The zero-order valence-electron chi connectivity index (χ0n) is 11.1. The Morgan fingerprint density at radius 1 is 0.833 bits per heavy atom. The molecule has 0 aliphatic rings. The van der Waals surface area contributed by atoms with Gasteiger partial charge in [-0.25, -0.2) is 0 Å². The summed E-state index contributed by atoms with van der Waals surface area (Å²) in [6.45, 7) is 5.51. The van der Waals surface area contributed by atoms with E-state index < -0.39 is 0 Å². The van der Waals surface area contributed by atoms with E-state index in [0.29, 0.717) is 0 Å². The van der Waals surface area contributed by atoms with Gasteiger partial charge in [0.2, 0.25) is 5.91 Å². The van der Waals surface area contributed by atoms with Crippen LogP contribution in [0.15, 0.2) is 54.6 Å². The maximum atomic E-state index is 10.9. The number of carbonyl (C=O) groups excluding carboxylic acids is 1. The molecule has 0 bridgehead atoms. The largest absolute Gasteiger partial charge is 0.326 e. The number of nitrogens with one attached hydrogen (secondary N) is 1. The lowest BCUT2D eigenvalue weighted by molar-refractivity contribution is -0.114. The topological polar surface area (TPSA) is 29.1 Å². The summed E-state index contributed by atoms with van der Waals surface area (Å²) in [4.78, 5) is 10.9. The summed E-state index contributed by atoms with van der Waals surface area (Å²) in [5.74, 6) is -0.0486. The van der Waals surface area contributed by atoms with Crippen LogP contribution in [0, 0.1) is 0 Å². The summed E-state index contributed by atoms with van der Waals surface area (Å²) in [7, 11) is 0. The van der Waals surface area contributed by atoms with Crippen molar-refractivity contribution < 1.29 is 4.79 Å². The highest BCUT2D eigenvalue weighted by molar-refractivity contribution is 5.88. The quantitative estimate of drug-likeness (QED) is 0.832. The van der Waals surface area contributed by atoms with Crippen molar-refractivity contribution >= 4 is 11.6 Å². The second kappa shape index (κ2) is 7.28. The van der Waals surface area contributed by atoms with Gasteiger partial charge in [-0.15, -0.1) is 0 Å². The molecular weight excluding hydrogens is 222 g/mol. The molecule has 0 heterocycles. The zero-order valence-corrected chi connectivity index (χ0v) is 11.1. The van der Waals surface area contributed by atoms with Crippen LogP contribution in [-0.2, 0) is 4.79 Å². The predicted molar refractivity (Wildman–Crippen MR) is 77.5 cm³/mol. The van der Waals surface area contributed by atoms with E-state index in [1.807, 2.05) is 56.3 Å². The van der Waals surface area contributed by atoms with Gasteiger partial charge in [-0.05, 0) is 23.3 Å². The highest BCUT2D eigenvalue weighted by Crippen LogP contribution is 2.20. The fourth-order valence-corrected chi connectivity index (χ4v) is 1.58. The maximum absolute atomic E-state index is 10.9. The summed E-state index contributed by atoms with van der Waals surface area (Å²) in [5, 5.41) is 2.74. The molecule has 94 valence electrons. The minimum atomic E-state index is -0.0486. The zero-order chi connectivity index (χ0) is 13.4. The van der Waals surface area contributed by atoms with Crippen molar-refractivity contribution in [1.29, 1.82) is 0 Å². The third-order valence-corrected chi connectivity index (χ3v) is 2.31. The number of benzene rings is 2. The minimum absolute atomic E-state index is 0.0486. The summed E-state index contributed by atoms with van der Waals surface area (Å²) in [6.07, 6.45) is 0. The van der Waals surface area contributed by atoms with E-state index in [1.54, 1.807) is 0 Å². The van der Waals surface area contributed by atoms with Crippen molar-refractivity contribution in [3.8, 4) is 11.1 Å². The van der Waals surface area contributed by atoms with Crippen molar-refractivity contribution in [3.63, 3.8) is 0 Å². The van der Waals surface area contributed by atoms with E-state index in [2.05, 4.69) is 17.4 Å². The van der Waals surface area contributed by atoms with Crippen LogP contribution in [0.4, 0.5) is 5.69 Å². The van der Waals surface area contributed by atoms with E-state index in [-0.39, 0.29) is 5.91 Å². The minimum Gasteiger partial charge on any atom is -0.326 e. The summed E-state index contributed by atoms with van der Waals surface area (Å²) in [6, 6.07) is 18.0. The first-order valence-electron chi connectivity index (χ1n) is 6.19. The summed E-state index contributed by atoms with van der Waals surface area (Å²) < 4.78 is 0. The molecule has 2 heteroatoms. The molecular formula is C16H19NO. The van der Waals surface area contributed by atoms with Crippen LogP contribution >= 0.6 is 0 Å². The Balaban J connectivity index is 0.000000771. The van der Waals surface area contributed by atoms with Crippen LogP contribution in [-0.4, -0.2) is 5.91 Å². The van der Waals surface area contributed by atoms with E-state index >= 15 is 0 Å². The number of hydrogen-bond donors (Lipinski definition) is 1. The molecule has 0 aliphatic heterocycles. The third-order valence-electron chi connectivity index (χ3n) is 2.31. The lowest BCUT2D eigenvalue weighted by Crippen LogP contribution is -2.05. The normalized spacial score (nSPS) is 9.06. The van der Waals surface area contributed by atoms with Gasteiger partial charge in [-0.1, -0.05) is 56.3 Å². The van der Waals surface area contributed by atoms with Gasteiger partial charge >= 0.3 is 0 Å². The van der Waals surface area contributed by atoms with Crippen LogP contribution in [0.1, 0.15) is 20.8 Å². The van der Waals surface area contributed by atoms with Crippen LogP contribution in [0.5, 0.6) is 0 Å². The molecule has 0 unspecified atom stereocenters. The lowest BCUT2D eigenvalue weighted by atomic mass is 10.1. The number of hydrogen-bond acceptors (Lipinski definition) is 1. The first-order chi connectivity index (χ1) is 8.75. The Bertz CT molecular complexity index is 474. The Morgan fingerprint density at radius 3 is 1.83 bits per heavy atom. The smallest absolute Gasteiger partial charge is 0.221 e. The van der Waals surface area contributed by atoms with Gasteiger partial charge in [0, 0.05) is 12.6 Å². The Kier molecular flexibility index (Phi) is 5.65. The monoisotopic (exact) mass is 241 g/mol. The van der Waals surface area contributed by atoms with Crippen molar-refractivity contribution in [3.05, 3.63) is 54.6 Å².